The molecule has 2 aromatic heterocycles. The van der Waals surface area contributed by atoms with E-state index in [1.807, 2.05) is 6.26 Å². The SMILES string of the molecule is CSc1cnc(NC[C@H](C)CNc2nc3cc(F)c(C(=O)NCCO)cc3s2)nc1. The number of rotatable bonds is 10. The van der Waals surface area contributed by atoms with Gasteiger partial charge in [0, 0.05) is 43.0 Å². The molecule has 0 bridgehead atoms. The Morgan fingerprint density at radius 2 is 2.00 bits per heavy atom. The van der Waals surface area contributed by atoms with Crippen molar-refractivity contribution in [1.82, 2.24) is 20.3 Å². The van der Waals surface area contributed by atoms with Crippen molar-refractivity contribution in [3.63, 3.8) is 0 Å². The van der Waals surface area contributed by atoms with Crippen LogP contribution < -0.4 is 16.0 Å². The summed E-state index contributed by atoms with van der Waals surface area (Å²) in [6.07, 6.45) is 5.53. The summed E-state index contributed by atoms with van der Waals surface area (Å²) in [5.74, 6) is -0.349. The second-order valence-corrected chi connectivity index (χ2v) is 8.52. The number of nitrogens with one attached hydrogen (secondary N) is 3. The van der Waals surface area contributed by atoms with Gasteiger partial charge in [0.1, 0.15) is 5.82 Å². The number of nitrogens with zero attached hydrogens (tertiary/aromatic N) is 3. The predicted octanol–water partition coefficient (Wildman–Crippen LogP) is 2.83. The van der Waals surface area contributed by atoms with Crippen molar-refractivity contribution >= 4 is 50.3 Å². The first-order valence-corrected chi connectivity index (χ1v) is 11.4. The fraction of sp³-hybridized carbons (Fsp3) is 0.368. The van der Waals surface area contributed by atoms with Crippen molar-refractivity contribution in [2.45, 2.75) is 11.8 Å². The summed E-state index contributed by atoms with van der Waals surface area (Å²) in [6, 6.07) is 2.74. The Morgan fingerprint density at radius 3 is 2.70 bits per heavy atom. The molecule has 0 aliphatic heterocycles. The van der Waals surface area contributed by atoms with Crippen LogP contribution in [0.3, 0.4) is 0 Å². The molecule has 0 aliphatic rings. The summed E-state index contributed by atoms with van der Waals surface area (Å²) in [5, 5.41) is 18.4. The molecule has 30 heavy (non-hydrogen) atoms. The number of thioether (sulfide) groups is 1. The van der Waals surface area contributed by atoms with Gasteiger partial charge in [-0.3, -0.25) is 4.79 Å². The lowest BCUT2D eigenvalue weighted by molar-refractivity contribution is 0.0941. The van der Waals surface area contributed by atoms with Crippen LogP contribution in [0.1, 0.15) is 17.3 Å². The highest BCUT2D eigenvalue weighted by Crippen LogP contribution is 2.28. The fourth-order valence-electron chi connectivity index (χ4n) is 2.57. The van der Waals surface area contributed by atoms with Crippen LogP contribution in [-0.4, -0.2) is 58.5 Å². The van der Waals surface area contributed by atoms with E-state index in [1.165, 1.54) is 23.5 Å². The van der Waals surface area contributed by atoms with E-state index < -0.39 is 11.7 Å². The molecule has 3 aromatic rings. The average molecular weight is 451 g/mol. The number of carbonyl (C=O) groups excluding carboxylic acids is 1. The molecule has 0 saturated heterocycles. The van der Waals surface area contributed by atoms with Crippen molar-refractivity contribution in [3.05, 3.63) is 35.9 Å². The second-order valence-electron chi connectivity index (χ2n) is 6.61. The molecule has 1 atom stereocenters. The number of aliphatic hydroxyl groups excluding tert-OH is 1. The smallest absolute Gasteiger partial charge is 0.254 e. The first-order chi connectivity index (χ1) is 14.5. The molecule has 1 aromatic carbocycles. The molecule has 11 heteroatoms. The molecule has 0 aliphatic carbocycles. The molecule has 0 radical (unpaired) electrons. The van der Waals surface area contributed by atoms with E-state index >= 15 is 0 Å². The van der Waals surface area contributed by atoms with E-state index in [0.29, 0.717) is 34.4 Å². The Bertz CT molecular complexity index is 999. The zero-order chi connectivity index (χ0) is 21.5. The highest BCUT2D eigenvalue weighted by molar-refractivity contribution is 7.98. The Labute approximate surface area is 181 Å². The minimum absolute atomic E-state index is 0.0591. The number of carbonyl (C=O) groups is 1. The second kappa shape index (κ2) is 10.5. The first kappa shape index (κ1) is 22.2. The van der Waals surface area contributed by atoms with Crippen LogP contribution in [0.25, 0.3) is 10.2 Å². The molecular formula is C19H23FN6O2S2. The first-order valence-electron chi connectivity index (χ1n) is 9.33. The maximum atomic E-state index is 14.2. The van der Waals surface area contributed by atoms with Gasteiger partial charge in [0.2, 0.25) is 5.95 Å². The van der Waals surface area contributed by atoms with Crippen LogP contribution >= 0.6 is 23.1 Å². The molecule has 3 rings (SSSR count). The van der Waals surface area contributed by atoms with Crippen LogP contribution in [0.4, 0.5) is 15.5 Å². The minimum atomic E-state index is -0.639. The third-order valence-electron chi connectivity index (χ3n) is 4.19. The minimum Gasteiger partial charge on any atom is -0.395 e. The van der Waals surface area contributed by atoms with E-state index in [2.05, 4.69) is 37.8 Å². The molecule has 0 spiro atoms. The monoisotopic (exact) mass is 450 g/mol. The number of aliphatic hydroxyl groups is 1. The Hall–Kier alpha value is -2.50. The van der Waals surface area contributed by atoms with Crippen molar-refractivity contribution in [2.24, 2.45) is 5.92 Å². The van der Waals surface area contributed by atoms with Crippen LogP contribution in [0.15, 0.2) is 29.4 Å². The Kier molecular flexibility index (Phi) is 7.77. The van der Waals surface area contributed by atoms with Gasteiger partial charge in [-0.05, 0) is 18.2 Å². The summed E-state index contributed by atoms with van der Waals surface area (Å²) < 4.78 is 14.9. The predicted molar refractivity (Wildman–Crippen MR) is 119 cm³/mol. The number of halogens is 1. The summed E-state index contributed by atoms with van der Waals surface area (Å²) >= 11 is 2.95. The average Bonchev–Trinajstić information content (AvgIpc) is 3.15. The van der Waals surface area contributed by atoms with Gasteiger partial charge in [-0.1, -0.05) is 18.3 Å². The van der Waals surface area contributed by atoms with Crippen LogP contribution in [0.2, 0.25) is 0 Å². The molecule has 1 amide bonds. The Morgan fingerprint density at radius 1 is 1.27 bits per heavy atom. The number of amides is 1. The summed E-state index contributed by atoms with van der Waals surface area (Å²) in [4.78, 5) is 25.9. The molecule has 4 N–H and O–H groups in total. The van der Waals surface area contributed by atoms with Crippen molar-refractivity contribution < 1.29 is 14.3 Å². The van der Waals surface area contributed by atoms with E-state index in [0.717, 1.165) is 4.90 Å². The largest absolute Gasteiger partial charge is 0.395 e. The number of fused-ring (bicyclic) bond motifs is 1. The van der Waals surface area contributed by atoms with Gasteiger partial charge in [-0.15, -0.1) is 11.8 Å². The van der Waals surface area contributed by atoms with Gasteiger partial charge in [0.05, 0.1) is 22.4 Å². The third kappa shape index (κ3) is 5.77. The lowest BCUT2D eigenvalue weighted by atomic mass is 10.2. The van der Waals surface area contributed by atoms with Gasteiger partial charge in [-0.25, -0.2) is 19.3 Å². The van der Waals surface area contributed by atoms with Crippen LogP contribution in [0, 0.1) is 11.7 Å². The molecule has 0 unspecified atom stereocenters. The summed E-state index contributed by atoms with van der Waals surface area (Å²) in [6.45, 7) is 3.28. The van der Waals surface area contributed by atoms with Gasteiger partial charge in [-0.2, -0.15) is 0 Å². The van der Waals surface area contributed by atoms with Crippen LogP contribution in [-0.2, 0) is 0 Å². The highest BCUT2D eigenvalue weighted by Gasteiger charge is 2.15. The van der Waals surface area contributed by atoms with Crippen molar-refractivity contribution in [3.8, 4) is 0 Å². The normalized spacial score (nSPS) is 12.0. The third-order valence-corrected chi connectivity index (χ3v) is 5.85. The number of hydrogen-bond acceptors (Lipinski definition) is 9. The van der Waals surface area contributed by atoms with Crippen LogP contribution in [0.5, 0.6) is 0 Å². The lowest BCUT2D eigenvalue weighted by Gasteiger charge is -2.13. The molecule has 8 nitrogen and oxygen atoms in total. The van der Waals surface area contributed by atoms with E-state index in [4.69, 9.17) is 5.11 Å². The summed E-state index contributed by atoms with van der Waals surface area (Å²) in [7, 11) is 0. The highest BCUT2D eigenvalue weighted by atomic mass is 32.2. The molecule has 0 fully saturated rings. The quantitative estimate of drug-likeness (QED) is 0.349. The zero-order valence-corrected chi connectivity index (χ0v) is 18.2. The number of aromatic nitrogens is 3. The lowest BCUT2D eigenvalue weighted by Crippen LogP contribution is -2.27. The van der Waals surface area contributed by atoms with Crippen molar-refractivity contribution in [1.29, 1.82) is 0 Å². The van der Waals surface area contributed by atoms with E-state index in [9.17, 15) is 9.18 Å². The number of benzene rings is 1. The maximum Gasteiger partial charge on any atom is 0.254 e. The number of hydrogen-bond donors (Lipinski definition) is 4. The number of thiazole rings is 1. The van der Waals surface area contributed by atoms with Gasteiger partial charge < -0.3 is 21.1 Å². The standard InChI is InChI=1S/C19H23FN6O2S2/c1-11(7-22-18-23-9-12(29-2)10-24-18)8-25-19-26-15-6-14(20)13(5-16(15)30-19)17(28)21-3-4-27/h5-6,9-11,27H,3-4,7-8H2,1-2H3,(H,21,28)(H,25,26)(H,22,23,24)/t11-/m0/s1. The zero-order valence-electron chi connectivity index (χ0n) is 16.6. The Balaban J connectivity index is 1.56. The molecule has 160 valence electrons. The maximum absolute atomic E-state index is 14.2. The molecular weight excluding hydrogens is 427 g/mol. The van der Waals surface area contributed by atoms with Gasteiger partial charge >= 0.3 is 0 Å². The van der Waals surface area contributed by atoms with Gasteiger partial charge in [0.25, 0.3) is 5.91 Å². The fourth-order valence-corrected chi connectivity index (χ4v) is 3.78. The van der Waals surface area contributed by atoms with Crippen molar-refractivity contribution in [2.75, 3.05) is 43.1 Å². The van der Waals surface area contributed by atoms with E-state index in [-0.39, 0.29) is 24.6 Å². The van der Waals surface area contributed by atoms with E-state index in [1.54, 1.807) is 24.2 Å². The molecule has 2 heterocycles. The number of anilines is 2. The topological polar surface area (TPSA) is 112 Å². The summed E-state index contributed by atoms with van der Waals surface area (Å²) in [5.41, 5.74) is 0.433. The van der Waals surface area contributed by atoms with Gasteiger partial charge in [0.15, 0.2) is 5.13 Å². The molecule has 0 saturated carbocycles.